The first-order chi connectivity index (χ1) is 14.2. The second-order valence-electron chi connectivity index (χ2n) is 11.4. The van der Waals surface area contributed by atoms with Crippen molar-refractivity contribution in [3.8, 4) is 0 Å². The van der Waals surface area contributed by atoms with Gasteiger partial charge in [-0.3, -0.25) is 5.10 Å². The van der Waals surface area contributed by atoms with Crippen molar-refractivity contribution in [2.24, 2.45) is 28.6 Å². The summed E-state index contributed by atoms with van der Waals surface area (Å²) in [4.78, 5) is 4.75. The molecular weight excluding hydrogens is 398 g/mol. The van der Waals surface area contributed by atoms with Gasteiger partial charge in [0, 0.05) is 16.5 Å². The summed E-state index contributed by atoms with van der Waals surface area (Å²) in [6.07, 6.45) is 6.77. The van der Waals surface area contributed by atoms with Crippen molar-refractivity contribution in [1.29, 1.82) is 0 Å². The molecule has 0 saturated heterocycles. The summed E-state index contributed by atoms with van der Waals surface area (Å²) in [6.45, 7) is 4.70. The number of hydrogen-bond acceptors (Lipinski definition) is 4. The van der Waals surface area contributed by atoms with Gasteiger partial charge in [0.05, 0.1) is 23.6 Å². The molecule has 0 amide bonds. The zero-order valence-electron chi connectivity index (χ0n) is 17.5. The fraction of sp³-hybridized carbons (Fsp3) is 0.667. The van der Waals surface area contributed by atoms with Crippen LogP contribution in [0, 0.1) is 28.6 Å². The Labute approximate surface area is 181 Å². The van der Waals surface area contributed by atoms with E-state index >= 15 is 0 Å². The number of hydrogen-bond donors (Lipinski definition) is 3. The van der Waals surface area contributed by atoms with Crippen LogP contribution in [0.3, 0.4) is 0 Å². The highest BCUT2D eigenvalue weighted by Gasteiger charge is 2.84. The molecule has 3 fully saturated rings. The van der Waals surface area contributed by atoms with E-state index in [9.17, 15) is 10.2 Å². The molecule has 0 aromatic carbocycles. The molecule has 7 rings (SSSR count). The number of aliphatic hydroxyl groups is 2. The fourth-order valence-corrected chi connectivity index (χ4v) is 9.12. The van der Waals surface area contributed by atoms with Gasteiger partial charge in [0.25, 0.3) is 0 Å². The van der Waals surface area contributed by atoms with Crippen molar-refractivity contribution in [2.45, 2.75) is 69.5 Å². The molecule has 3 N–H and O–H groups in total. The van der Waals surface area contributed by atoms with Gasteiger partial charge >= 0.3 is 0 Å². The number of aliphatic hydroxyl groups excluding tert-OH is 1. The molecule has 2 aromatic rings. The average Bonchev–Trinajstić information content (AvgIpc) is 2.97. The van der Waals surface area contributed by atoms with Crippen LogP contribution >= 0.6 is 11.6 Å². The van der Waals surface area contributed by atoms with E-state index in [0.29, 0.717) is 17.5 Å². The maximum atomic E-state index is 11.8. The number of nitrogens with one attached hydrogen (secondary N) is 1. The van der Waals surface area contributed by atoms with Gasteiger partial charge < -0.3 is 10.2 Å². The lowest BCUT2D eigenvalue weighted by Crippen LogP contribution is -2.64. The van der Waals surface area contributed by atoms with Crippen molar-refractivity contribution < 1.29 is 10.2 Å². The smallest absolute Gasteiger partial charge is 0.129 e. The Hall–Kier alpha value is -1.43. The summed E-state index contributed by atoms with van der Waals surface area (Å²) < 4.78 is 0. The first-order valence-corrected chi connectivity index (χ1v) is 11.7. The van der Waals surface area contributed by atoms with E-state index < -0.39 is 11.7 Å². The lowest BCUT2D eigenvalue weighted by Gasteiger charge is -2.62. The minimum absolute atomic E-state index is 0.0241. The van der Waals surface area contributed by atoms with Gasteiger partial charge in [-0.2, -0.15) is 5.10 Å². The summed E-state index contributed by atoms with van der Waals surface area (Å²) in [6, 6.07) is 4.01. The van der Waals surface area contributed by atoms with Crippen molar-refractivity contribution in [1.82, 2.24) is 15.2 Å². The molecule has 5 aliphatic carbocycles. The van der Waals surface area contributed by atoms with E-state index in [1.807, 2.05) is 12.3 Å². The fourth-order valence-electron chi connectivity index (χ4n) is 8.97. The van der Waals surface area contributed by atoms with Gasteiger partial charge in [-0.15, -0.1) is 0 Å². The van der Waals surface area contributed by atoms with E-state index in [1.165, 1.54) is 11.1 Å². The number of fused-ring (bicyclic) bond motifs is 7. The van der Waals surface area contributed by atoms with Gasteiger partial charge in [-0.1, -0.05) is 31.5 Å². The number of pyridine rings is 1. The maximum absolute atomic E-state index is 11.8. The molecule has 2 aromatic heterocycles. The maximum Gasteiger partial charge on any atom is 0.129 e. The summed E-state index contributed by atoms with van der Waals surface area (Å²) >= 11 is 6.27. The van der Waals surface area contributed by atoms with Crippen LogP contribution in [0.4, 0.5) is 0 Å². The molecule has 0 unspecified atom stereocenters. The molecule has 3 saturated carbocycles. The summed E-state index contributed by atoms with van der Waals surface area (Å²) in [7, 11) is 0. The van der Waals surface area contributed by atoms with Crippen LogP contribution in [0.25, 0.3) is 0 Å². The van der Waals surface area contributed by atoms with E-state index in [4.69, 9.17) is 16.6 Å². The third-order valence-corrected chi connectivity index (χ3v) is 10.7. The number of nitrogens with zero attached hydrogens (tertiary/aromatic N) is 2. The second-order valence-corrected chi connectivity index (χ2v) is 11.8. The van der Waals surface area contributed by atoms with Gasteiger partial charge in [-0.25, -0.2) is 4.98 Å². The Morgan fingerprint density at radius 3 is 2.83 bits per heavy atom. The monoisotopic (exact) mass is 425 g/mol. The molecule has 8 atom stereocenters. The number of aromatic amines is 1. The SMILES string of the molecule is C[C@]12CC[C@H]3[C@@H]([C@@H](O)[C@@]4(O)C[C@@]45Cc4[nH]ncc4C[C@]35C)[C@@H]1Cc1ccc(Cl)nc12. The molecule has 1 spiro atoms. The van der Waals surface area contributed by atoms with Gasteiger partial charge in [0.1, 0.15) is 5.15 Å². The van der Waals surface area contributed by atoms with Crippen LogP contribution in [0.5, 0.6) is 0 Å². The predicted molar refractivity (Wildman–Crippen MR) is 112 cm³/mol. The third-order valence-electron chi connectivity index (χ3n) is 10.5. The van der Waals surface area contributed by atoms with Crippen molar-refractivity contribution in [2.75, 3.05) is 0 Å². The van der Waals surface area contributed by atoms with Gasteiger partial charge in [0.2, 0.25) is 0 Å². The van der Waals surface area contributed by atoms with E-state index in [2.05, 4.69) is 30.1 Å². The zero-order valence-corrected chi connectivity index (χ0v) is 18.2. The quantitative estimate of drug-likeness (QED) is 0.566. The largest absolute Gasteiger partial charge is 0.390 e. The van der Waals surface area contributed by atoms with Crippen molar-refractivity contribution in [3.63, 3.8) is 0 Å². The number of halogens is 1. The molecule has 6 heteroatoms. The minimum atomic E-state index is -0.996. The predicted octanol–water partition coefficient (Wildman–Crippen LogP) is 3.22. The number of rotatable bonds is 0. The number of H-pyrrole nitrogens is 1. The van der Waals surface area contributed by atoms with Gasteiger partial charge in [-0.05, 0) is 78.9 Å². The lowest BCUT2D eigenvalue weighted by atomic mass is 9.43. The van der Waals surface area contributed by atoms with Crippen LogP contribution < -0.4 is 0 Å². The standard InChI is InChI=1S/C24H28ClN3O2/c1-21-6-5-14-18(15(21)7-12-3-4-17(25)27-19(12)21)20(29)24(30)11-23(24)9-16-13(10-26-28-16)8-22(14,23)2/h3-4,10,14-15,18,20,29-30H,5-9,11H2,1-2H3,(H,26,28)/t14-,15-,18+,20+,21-,22+,23+,24-/m0/s1. The van der Waals surface area contributed by atoms with Crippen LogP contribution in [0.1, 0.15) is 55.6 Å². The van der Waals surface area contributed by atoms with Crippen LogP contribution in [-0.2, 0) is 24.7 Å². The third kappa shape index (κ3) is 1.75. The summed E-state index contributed by atoms with van der Waals surface area (Å²) in [5, 5.41) is 31.5. The molecule has 5 aliphatic rings. The molecule has 0 bridgehead atoms. The van der Waals surface area contributed by atoms with Crippen LogP contribution in [0.2, 0.25) is 5.15 Å². The Bertz CT molecular complexity index is 1100. The normalized spacial score (nSPS) is 49.9. The summed E-state index contributed by atoms with van der Waals surface area (Å²) in [5.74, 6) is 0.759. The lowest BCUT2D eigenvalue weighted by molar-refractivity contribution is -0.198. The first kappa shape index (κ1) is 18.2. The van der Waals surface area contributed by atoms with E-state index in [1.54, 1.807) is 0 Å². The minimum Gasteiger partial charge on any atom is -0.390 e. The Balaban J connectivity index is 1.37. The molecular formula is C24H28ClN3O2. The molecule has 2 heterocycles. The molecule has 158 valence electrons. The Kier molecular flexibility index (Phi) is 3.11. The second kappa shape index (κ2) is 5.13. The Morgan fingerprint density at radius 1 is 1.17 bits per heavy atom. The molecule has 0 aliphatic heterocycles. The first-order valence-electron chi connectivity index (χ1n) is 11.3. The molecule has 30 heavy (non-hydrogen) atoms. The van der Waals surface area contributed by atoms with Crippen molar-refractivity contribution >= 4 is 11.6 Å². The molecule has 0 radical (unpaired) electrons. The van der Waals surface area contributed by atoms with Gasteiger partial charge in [0.15, 0.2) is 0 Å². The topological polar surface area (TPSA) is 82.0 Å². The zero-order chi connectivity index (χ0) is 20.7. The Morgan fingerprint density at radius 2 is 2.00 bits per heavy atom. The van der Waals surface area contributed by atoms with Crippen LogP contribution in [-0.4, -0.2) is 37.1 Å². The highest BCUT2D eigenvalue weighted by Crippen LogP contribution is 2.80. The average molecular weight is 426 g/mol. The molecule has 5 nitrogen and oxygen atoms in total. The number of aromatic nitrogens is 3. The van der Waals surface area contributed by atoms with E-state index in [0.717, 1.165) is 43.5 Å². The highest BCUT2D eigenvalue weighted by atomic mass is 35.5. The highest BCUT2D eigenvalue weighted by molar-refractivity contribution is 6.29. The summed E-state index contributed by atoms with van der Waals surface area (Å²) in [5.41, 5.74) is 3.50. The van der Waals surface area contributed by atoms with E-state index in [-0.39, 0.29) is 28.1 Å². The van der Waals surface area contributed by atoms with Crippen LogP contribution in [0.15, 0.2) is 18.3 Å². The van der Waals surface area contributed by atoms with Crippen molar-refractivity contribution in [3.05, 3.63) is 46.0 Å².